The van der Waals surface area contributed by atoms with E-state index in [1.54, 1.807) is 54.6 Å². The quantitative estimate of drug-likeness (QED) is 0.222. The van der Waals surface area contributed by atoms with Crippen molar-refractivity contribution < 1.29 is 28.6 Å². The second-order valence-electron chi connectivity index (χ2n) is 9.04. The minimum Gasteiger partial charge on any atom is -0.507 e. The van der Waals surface area contributed by atoms with Gasteiger partial charge in [0.2, 0.25) is 0 Å². The average molecular weight is 490 g/mol. The number of nitrogens with zero attached hydrogens (tertiary/aromatic N) is 1. The Morgan fingerprint density at radius 2 is 1.81 bits per heavy atom. The average Bonchev–Trinajstić information content (AvgIpc) is 3.47. The molecule has 1 aromatic heterocycles. The maximum absolute atomic E-state index is 13.2. The van der Waals surface area contributed by atoms with Gasteiger partial charge >= 0.3 is 0 Å². The molecule has 0 aliphatic carbocycles. The molecule has 4 rings (SSSR count). The summed E-state index contributed by atoms with van der Waals surface area (Å²) < 4.78 is 17.3. The highest BCUT2D eigenvalue weighted by atomic mass is 16.5. The van der Waals surface area contributed by atoms with E-state index in [0.717, 1.165) is 6.42 Å². The monoisotopic (exact) mass is 489 g/mol. The molecule has 188 valence electrons. The van der Waals surface area contributed by atoms with Crippen molar-refractivity contribution in [1.29, 1.82) is 0 Å². The Morgan fingerprint density at radius 3 is 2.47 bits per heavy atom. The lowest BCUT2D eigenvalue weighted by Crippen LogP contribution is -2.29. The number of carbonyl (C=O) groups is 2. The van der Waals surface area contributed by atoms with Crippen LogP contribution in [0, 0.1) is 5.92 Å². The zero-order chi connectivity index (χ0) is 25.7. The molecule has 1 unspecified atom stereocenters. The van der Waals surface area contributed by atoms with Crippen LogP contribution in [-0.2, 0) is 16.1 Å². The molecular formula is C29H31NO6. The maximum atomic E-state index is 13.2. The zero-order valence-electron chi connectivity index (χ0n) is 20.8. The van der Waals surface area contributed by atoms with E-state index in [1.807, 2.05) is 13.0 Å². The first-order chi connectivity index (χ1) is 17.4. The van der Waals surface area contributed by atoms with Crippen LogP contribution in [0.25, 0.3) is 5.76 Å². The van der Waals surface area contributed by atoms with Gasteiger partial charge in [-0.25, -0.2) is 0 Å². The molecule has 2 aromatic carbocycles. The SMILES string of the molecule is CCOc1cc(C2C(=C(O)c3ccccc3)C(=O)C(=O)N2Cc2ccco2)ccc1OCCC(C)C. The van der Waals surface area contributed by atoms with E-state index in [0.29, 0.717) is 47.5 Å². The third kappa shape index (κ3) is 5.30. The zero-order valence-corrected chi connectivity index (χ0v) is 20.8. The van der Waals surface area contributed by atoms with E-state index in [9.17, 15) is 14.7 Å². The predicted octanol–water partition coefficient (Wildman–Crippen LogP) is 5.73. The Morgan fingerprint density at radius 1 is 1.03 bits per heavy atom. The van der Waals surface area contributed by atoms with Crippen molar-refractivity contribution in [2.24, 2.45) is 5.92 Å². The molecule has 0 bridgehead atoms. The number of benzene rings is 2. The maximum Gasteiger partial charge on any atom is 0.296 e. The van der Waals surface area contributed by atoms with Crippen molar-refractivity contribution >= 4 is 17.4 Å². The van der Waals surface area contributed by atoms with Crippen LogP contribution in [0.1, 0.15) is 50.1 Å². The van der Waals surface area contributed by atoms with E-state index < -0.39 is 17.7 Å². The Labute approximate surface area is 210 Å². The number of aliphatic hydroxyl groups excluding tert-OH is 1. The lowest BCUT2D eigenvalue weighted by molar-refractivity contribution is -0.140. The smallest absolute Gasteiger partial charge is 0.296 e. The van der Waals surface area contributed by atoms with Crippen LogP contribution in [0.5, 0.6) is 11.5 Å². The number of Topliss-reactive ketones (excluding diaryl/α,β-unsaturated/α-hetero) is 1. The first-order valence-electron chi connectivity index (χ1n) is 12.2. The second kappa shape index (κ2) is 11.2. The summed E-state index contributed by atoms with van der Waals surface area (Å²) in [4.78, 5) is 27.8. The predicted molar refractivity (Wildman–Crippen MR) is 136 cm³/mol. The molecule has 7 heteroatoms. The van der Waals surface area contributed by atoms with Gasteiger partial charge in [0.1, 0.15) is 11.5 Å². The van der Waals surface area contributed by atoms with Crippen LogP contribution in [0.4, 0.5) is 0 Å². The van der Waals surface area contributed by atoms with E-state index in [4.69, 9.17) is 13.9 Å². The van der Waals surface area contributed by atoms with Crippen molar-refractivity contribution in [3.05, 3.63) is 89.4 Å². The number of ketones is 1. The Bertz CT molecular complexity index is 1230. The molecule has 1 fully saturated rings. The molecule has 3 aromatic rings. The Balaban J connectivity index is 1.80. The number of hydrogen-bond donors (Lipinski definition) is 1. The molecule has 1 aliphatic heterocycles. The summed E-state index contributed by atoms with van der Waals surface area (Å²) in [6, 6.07) is 16.7. The molecule has 0 radical (unpaired) electrons. The molecular weight excluding hydrogens is 458 g/mol. The third-order valence-corrected chi connectivity index (χ3v) is 6.03. The fourth-order valence-electron chi connectivity index (χ4n) is 4.20. The second-order valence-corrected chi connectivity index (χ2v) is 9.04. The number of furan rings is 1. The van der Waals surface area contributed by atoms with Gasteiger partial charge in [0.15, 0.2) is 11.5 Å². The van der Waals surface area contributed by atoms with Crippen LogP contribution in [0.15, 0.2) is 76.9 Å². The van der Waals surface area contributed by atoms with Crippen molar-refractivity contribution in [3.8, 4) is 11.5 Å². The van der Waals surface area contributed by atoms with Crippen LogP contribution in [-0.4, -0.2) is 34.9 Å². The van der Waals surface area contributed by atoms with E-state index in [1.165, 1.54) is 11.2 Å². The normalized spacial score (nSPS) is 17.1. The summed E-state index contributed by atoms with van der Waals surface area (Å²) in [6.45, 7) is 7.17. The van der Waals surface area contributed by atoms with Gasteiger partial charge in [-0.15, -0.1) is 0 Å². The fourth-order valence-corrected chi connectivity index (χ4v) is 4.20. The molecule has 0 saturated carbocycles. The molecule has 2 heterocycles. The van der Waals surface area contributed by atoms with Crippen LogP contribution in [0.2, 0.25) is 0 Å². The fraction of sp³-hybridized carbons (Fsp3) is 0.310. The van der Waals surface area contributed by atoms with Gasteiger partial charge < -0.3 is 23.9 Å². The lowest BCUT2D eigenvalue weighted by atomic mass is 9.95. The van der Waals surface area contributed by atoms with Crippen LogP contribution in [0.3, 0.4) is 0 Å². The Kier molecular flexibility index (Phi) is 7.78. The Hall–Kier alpha value is -4.00. The molecule has 0 spiro atoms. The first kappa shape index (κ1) is 25.1. The van der Waals surface area contributed by atoms with Crippen LogP contribution >= 0.6 is 0 Å². The third-order valence-electron chi connectivity index (χ3n) is 6.03. The van der Waals surface area contributed by atoms with Crippen molar-refractivity contribution in [2.75, 3.05) is 13.2 Å². The number of hydrogen-bond acceptors (Lipinski definition) is 6. The molecule has 1 amide bonds. The molecule has 1 atom stereocenters. The van der Waals surface area contributed by atoms with Crippen LogP contribution < -0.4 is 9.47 Å². The number of ether oxygens (including phenoxy) is 2. The number of likely N-dealkylation sites (tertiary alicyclic amines) is 1. The van der Waals surface area contributed by atoms with Gasteiger partial charge in [-0.05, 0) is 49.1 Å². The summed E-state index contributed by atoms with van der Waals surface area (Å²) in [5.74, 6) is 0.456. The first-order valence-corrected chi connectivity index (χ1v) is 12.2. The van der Waals surface area contributed by atoms with Crippen molar-refractivity contribution in [3.63, 3.8) is 0 Å². The van der Waals surface area contributed by atoms with Gasteiger partial charge in [-0.1, -0.05) is 50.2 Å². The van der Waals surface area contributed by atoms with Crippen molar-refractivity contribution in [2.45, 2.75) is 39.8 Å². The molecule has 36 heavy (non-hydrogen) atoms. The van der Waals surface area contributed by atoms with E-state index in [-0.39, 0.29) is 17.9 Å². The highest BCUT2D eigenvalue weighted by Crippen LogP contribution is 2.42. The highest BCUT2D eigenvalue weighted by molar-refractivity contribution is 6.46. The number of amides is 1. The van der Waals surface area contributed by atoms with Gasteiger partial charge in [0.05, 0.1) is 37.6 Å². The number of aliphatic hydroxyl groups is 1. The van der Waals surface area contributed by atoms with Gasteiger partial charge in [0.25, 0.3) is 11.7 Å². The molecule has 1 saturated heterocycles. The van der Waals surface area contributed by atoms with E-state index in [2.05, 4.69) is 13.8 Å². The highest BCUT2D eigenvalue weighted by Gasteiger charge is 2.46. The van der Waals surface area contributed by atoms with Gasteiger partial charge in [-0.2, -0.15) is 0 Å². The minimum absolute atomic E-state index is 0.0219. The van der Waals surface area contributed by atoms with E-state index >= 15 is 0 Å². The minimum atomic E-state index is -0.834. The molecule has 7 nitrogen and oxygen atoms in total. The summed E-state index contributed by atoms with van der Waals surface area (Å²) in [6.07, 6.45) is 2.41. The number of carbonyl (C=O) groups excluding carboxylic acids is 2. The lowest BCUT2D eigenvalue weighted by Gasteiger charge is -2.25. The topological polar surface area (TPSA) is 89.2 Å². The van der Waals surface area contributed by atoms with Gasteiger partial charge in [-0.3, -0.25) is 9.59 Å². The summed E-state index contributed by atoms with van der Waals surface area (Å²) in [5, 5.41) is 11.2. The van der Waals surface area contributed by atoms with Crippen molar-refractivity contribution in [1.82, 2.24) is 4.90 Å². The summed E-state index contributed by atoms with van der Waals surface area (Å²) in [5.41, 5.74) is 1.10. The molecule has 1 N–H and O–H groups in total. The summed E-state index contributed by atoms with van der Waals surface area (Å²) in [7, 11) is 0. The van der Waals surface area contributed by atoms with Gasteiger partial charge in [0, 0.05) is 5.56 Å². The number of rotatable bonds is 10. The standard InChI is InChI=1S/C29H31NO6/c1-4-34-24-17-21(12-13-23(24)36-16-14-19(2)3)26-25(27(31)20-9-6-5-7-10-20)28(32)29(33)30(26)18-22-11-8-15-35-22/h5-13,15,17,19,26,31H,4,14,16,18H2,1-3H3. The summed E-state index contributed by atoms with van der Waals surface area (Å²) >= 11 is 0. The molecule has 1 aliphatic rings. The largest absolute Gasteiger partial charge is 0.507 e.